The van der Waals surface area contributed by atoms with E-state index < -0.39 is 0 Å². The van der Waals surface area contributed by atoms with E-state index in [-0.39, 0.29) is 12.3 Å². The minimum Gasteiger partial charge on any atom is -0.350 e. The van der Waals surface area contributed by atoms with Gasteiger partial charge < -0.3 is 10.2 Å². The number of carbonyl (C=O) groups excluding carboxylic acids is 1. The Hall–Kier alpha value is -2.21. The average molecular weight is 346 g/mol. The van der Waals surface area contributed by atoms with Crippen LogP contribution in [0.4, 0.5) is 5.95 Å². The number of nitrogens with zero attached hydrogens (tertiary/aromatic N) is 4. The molecule has 2 aromatic rings. The summed E-state index contributed by atoms with van der Waals surface area (Å²) < 4.78 is 0. The molecule has 1 amide bonds. The van der Waals surface area contributed by atoms with Gasteiger partial charge in [-0.05, 0) is 37.5 Å². The van der Waals surface area contributed by atoms with Gasteiger partial charge in [-0.2, -0.15) is 0 Å². The molecule has 2 aromatic heterocycles. The van der Waals surface area contributed by atoms with Gasteiger partial charge >= 0.3 is 0 Å². The van der Waals surface area contributed by atoms with Crippen LogP contribution in [0.1, 0.15) is 29.8 Å². The van der Waals surface area contributed by atoms with Crippen molar-refractivity contribution in [3.63, 3.8) is 0 Å². The molecule has 1 fully saturated rings. The van der Waals surface area contributed by atoms with Crippen LogP contribution in [0.15, 0.2) is 24.5 Å². The van der Waals surface area contributed by atoms with E-state index in [1.807, 2.05) is 13.0 Å². The maximum Gasteiger partial charge on any atom is 0.225 e. The normalized spacial score (nSPS) is 14.0. The van der Waals surface area contributed by atoms with Gasteiger partial charge in [-0.3, -0.25) is 9.78 Å². The van der Waals surface area contributed by atoms with Crippen LogP contribution >= 0.6 is 11.6 Å². The summed E-state index contributed by atoms with van der Waals surface area (Å²) in [6.07, 6.45) is 5.75. The Bertz CT molecular complexity index is 731. The molecule has 0 atom stereocenters. The summed E-state index contributed by atoms with van der Waals surface area (Å²) in [7, 11) is 0. The molecule has 0 saturated carbocycles. The van der Waals surface area contributed by atoms with Crippen LogP contribution in [0.2, 0.25) is 5.02 Å². The van der Waals surface area contributed by atoms with Crippen molar-refractivity contribution >= 4 is 23.5 Å². The highest BCUT2D eigenvalue weighted by Crippen LogP contribution is 2.17. The molecule has 126 valence electrons. The van der Waals surface area contributed by atoms with E-state index >= 15 is 0 Å². The van der Waals surface area contributed by atoms with Crippen molar-refractivity contribution in [3.8, 4) is 0 Å². The van der Waals surface area contributed by atoms with Crippen molar-refractivity contribution in [3.05, 3.63) is 46.5 Å². The topological polar surface area (TPSA) is 71.0 Å². The summed E-state index contributed by atoms with van der Waals surface area (Å²) in [4.78, 5) is 27.3. The molecular weight excluding hydrogens is 326 g/mol. The van der Waals surface area contributed by atoms with Gasteiger partial charge in [0.1, 0.15) is 0 Å². The molecule has 1 aliphatic heterocycles. The lowest BCUT2D eigenvalue weighted by molar-refractivity contribution is -0.120. The molecule has 0 spiro atoms. The number of carbonyl (C=O) groups is 1. The Morgan fingerprint density at radius 2 is 2.12 bits per heavy atom. The van der Waals surface area contributed by atoms with Gasteiger partial charge in [-0.25, -0.2) is 9.97 Å². The largest absolute Gasteiger partial charge is 0.350 e. The second-order valence-corrected chi connectivity index (χ2v) is 6.32. The zero-order valence-electron chi connectivity index (χ0n) is 13.6. The number of amides is 1. The molecule has 0 radical (unpaired) electrons. The highest BCUT2D eigenvalue weighted by Gasteiger charge is 2.16. The van der Waals surface area contributed by atoms with Gasteiger partial charge in [0.2, 0.25) is 11.9 Å². The van der Waals surface area contributed by atoms with E-state index in [2.05, 4.69) is 25.2 Å². The predicted molar refractivity (Wildman–Crippen MR) is 93.0 cm³/mol. The molecule has 24 heavy (non-hydrogen) atoms. The number of aryl methyl sites for hydroxylation is 1. The fourth-order valence-electron chi connectivity index (χ4n) is 2.74. The first-order chi connectivity index (χ1) is 11.6. The number of aromatic nitrogens is 3. The van der Waals surface area contributed by atoms with E-state index in [1.54, 1.807) is 18.5 Å². The highest BCUT2D eigenvalue weighted by molar-refractivity contribution is 6.31. The first-order valence-electron chi connectivity index (χ1n) is 8.06. The minimum absolute atomic E-state index is 0.0953. The van der Waals surface area contributed by atoms with E-state index in [1.165, 1.54) is 12.8 Å². The van der Waals surface area contributed by atoms with Crippen molar-refractivity contribution in [2.75, 3.05) is 18.0 Å². The molecule has 6 nitrogen and oxygen atoms in total. The smallest absolute Gasteiger partial charge is 0.225 e. The second kappa shape index (κ2) is 7.57. The van der Waals surface area contributed by atoms with Crippen LogP contribution in [0, 0.1) is 6.92 Å². The molecule has 0 aliphatic carbocycles. The first-order valence-corrected chi connectivity index (χ1v) is 8.44. The number of hydrogen-bond donors (Lipinski definition) is 1. The van der Waals surface area contributed by atoms with Crippen molar-refractivity contribution in [2.24, 2.45) is 0 Å². The Balaban J connectivity index is 1.61. The van der Waals surface area contributed by atoms with Crippen molar-refractivity contribution in [1.82, 2.24) is 20.3 Å². The van der Waals surface area contributed by atoms with Crippen LogP contribution in [0.3, 0.4) is 0 Å². The molecule has 7 heteroatoms. The Morgan fingerprint density at radius 3 is 2.88 bits per heavy atom. The van der Waals surface area contributed by atoms with Crippen molar-refractivity contribution in [2.45, 2.75) is 32.7 Å². The summed E-state index contributed by atoms with van der Waals surface area (Å²) in [5.74, 6) is 0.663. The lowest BCUT2D eigenvalue weighted by Gasteiger charge is -2.16. The summed E-state index contributed by atoms with van der Waals surface area (Å²) in [6.45, 7) is 4.32. The van der Waals surface area contributed by atoms with E-state index in [4.69, 9.17) is 11.6 Å². The van der Waals surface area contributed by atoms with E-state index in [0.29, 0.717) is 11.6 Å². The zero-order chi connectivity index (χ0) is 16.9. The van der Waals surface area contributed by atoms with Gasteiger partial charge in [0, 0.05) is 31.2 Å². The number of pyridine rings is 1. The Morgan fingerprint density at radius 1 is 1.33 bits per heavy atom. The van der Waals surface area contributed by atoms with Gasteiger partial charge in [0.25, 0.3) is 0 Å². The predicted octanol–water partition coefficient (Wildman–Crippen LogP) is 2.29. The molecule has 1 N–H and O–H groups in total. The molecule has 3 heterocycles. The third-order valence-corrected chi connectivity index (χ3v) is 4.30. The average Bonchev–Trinajstić information content (AvgIpc) is 3.09. The van der Waals surface area contributed by atoms with Crippen molar-refractivity contribution in [1.29, 1.82) is 0 Å². The SMILES string of the molecule is Cc1cc(CNC(=O)Cc2ccncc2Cl)nc(N2CCCC2)n1. The van der Waals surface area contributed by atoms with Gasteiger partial charge in [0.15, 0.2) is 0 Å². The van der Waals surface area contributed by atoms with Crippen LogP contribution in [-0.2, 0) is 17.8 Å². The number of nitrogens with one attached hydrogen (secondary N) is 1. The molecule has 1 saturated heterocycles. The van der Waals surface area contributed by atoms with Crippen LogP contribution in [0.25, 0.3) is 0 Å². The lowest BCUT2D eigenvalue weighted by atomic mass is 10.2. The molecular formula is C17H20ClN5O. The fraction of sp³-hybridized carbons (Fsp3) is 0.412. The van der Waals surface area contributed by atoms with E-state index in [9.17, 15) is 4.79 Å². The van der Waals surface area contributed by atoms with Crippen LogP contribution in [-0.4, -0.2) is 33.9 Å². The lowest BCUT2D eigenvalue weighted by Crippen LogP contribution is -2.26. The highest BCUT2D eigenvalue weighted by atomic mass is 35.5. The zero-order valence-corrected chi connectivity index (χ0v) is 14.4. The second-order valence-electron chi connectivity index (χ2n) is 5.92. The third-order valence-electron chi connectivity index (χ3n) is 3.96. The quantitative estimate of drug-likeness (QED) is 0.900. The molecule has 0 unspecified atom stereocenters. The molecule has 1 aliphatic rings. The maximum absolute atomic E-state index is 12.1. The Kier molecular flexibility index (Phi) is 5.25. The first kappa shape index (κ1) is 16.6. The van der Waals surface area contributed by atoms with Gasteiger partial charge in [0.05, 0.1) is 23.7 Å². The number of rotatable bonds is 5. The molecule has 0 aromatic carbocycles. The summed E-state index contributed by atoms with van der Waals surface area (Å²) in [6, 6.07) is 3.65. The number of hydrogen-bond acceptors (Lipinski definition) is 5. The summed E-state index contributed by atoms with van der Waals surface area (Å²) >= 11 is 6.03. The maximum atomic E-state index is 12.1. The number of anilines is 1. The molecule has 0 bridgehead atoms. The van der Waals surface area contributed by atoms with Crippen LogP contribution < -0.4 is 10.2 Å². The van der Waals surface area contributed by atoms with E-state index in [0.717, 1.165) is 36.0 Å². The third kappa shape index (κ3) is 4.20. The standard InChI is InChI=1S/C17H20ClN5O/c1-12-8-14(22-17(21-12)23-6-2-3-7-23)10-20-16(24)9-13-4-5-19-11-15(13)18/h4-5,8,11H,2-3,6-7,9-10H2,1H3,(H,20,24). The van der Waals surface area contributed by atoms with Crippen LogP contribution in [0.5, 0.6) is 0 Å². The van der Waals surface area contributed by atoms with Gasteiger partial charge in [-0.15, -0.1) is 0 Å². The summed E-state index contributed by atoms with van der Waals surface area (Å²) in [5.41, 5.74) is 2.49. The van der Waals surface area contributed by atoms with Gasteiger partial charge in [-0.1, -0.05) is 11.6 Å². The van der Waals surface area contributed by atoms with Crippen molar-refractivity contribution < 1.29 is 4.79 Å². The number of halogens is 1. The summed E-state index contributed by atoms with van der Waals surface area (Å²) in [5, 5.41) is 3.39. The minimum atomic E-state index is -0.0953. The molecule has 3 rings (SSSR count). The fourth-order valence-corrected chi connectivity index (χ4v) is 2.92. The Labute approximate surface area is 146 Å². The monoisotopic (exact) mass is 345 g/mol.